The molecule has 0 saturated heterocycles. The van der Waals surface area contributed by atoms with Crippen LogP contribution in [0.3, 0.4) is 0 Å². The Morgan fingerprint density at radius 3 is 2.46 bits per heavy atom. The first-order valence-electron chi connectivity index (χ1n) is 7.74. The number of halogens is 1. The molecule has 0 aliphatic carbocycles. The number of hydrogen-bond acceptors (Lipinski definition) is 2. The second-order valence-electron chi connectivity index (χ2n) is 5.81. The van der Waals surface area contributed by atoms with Crippen LogP contribution in [0.5, 0.6) is 5.75 Å². The average Bonchev–Trinajstić information content (AvgIpc) is 2.98. The zero-order valence-corrected chi connectivity index (χ0v) is 12.9. The summed E-state index contributed by atoms with van der Waals surface area (Å²) in [5.41, 5.74) is 3.47. The predicted molar refractivity (Wildman–Crippen MR) is 92.5 cm³/mol. The standard InChI is InChI=1S/C21H15FO2/c22-19-13-17(23)7-8-18(19)21-12-16-11-15(6-9-20(16)24-21)10-14-4-2-1-3-5-14/h1-9,11-13,23H,10H2. The normalized spacial score (nSPS) is 11.0. The number of aromatic hydroxyl groups is 1. The number of phenolic OH excluding ortho intramolecular Hbond substituents is 1. The Bertz CT molecular complexity index is 1000. The van der Waals surface area contributed by atoms with Gasteiger partial charge in [-0.25, -0.2) is 4.39 Å². The van der Waals surface area contributed by atoms with Gasteiger partial charge in [0, 0.05) is 11.5 Å². The molecule has 4 rings (SSSR count). The number of rotatable bonds is 3. The molecular weight excluding hydrogens is 303 g/mol. The van der Waals surface area contributed by atoms with Crippen LogP contribution in [0.25, 0.3) is 22.3 Å². The summed E-state index contributed by atoms with van der Waals surface area (Å²) in [7, 11) is 0. The maximum absolute atomic E-state index is 14.0. The molecule has 118 valence electrons. The molecule has 0 unspecified atom stereocenters. The van der Waals surface area contributed by atoms with Crippen molar-refractivity contribution in [1.29, 1.82) is 0 Å². The van der Waals surface area contributed by atoms with E-state index < -0.39 is 5.82 Å². The van der Waals surface area contributed by atoms with Crippen molar-refractivity contribution in [2.75, 3.05) is 0 Å². The Labute approximate surface area is 138 Å². The first-order chi connectivity index (χ1) is 11.7. The van der Waals surface area contributed by atoms with E-state index >= 15 is 0 Å². The third-order valence-electron chi connectivity index (χ3n) is 4.05. The smallest absolute Gasteiger partial charge is 0.138 e. The van der Waals surface area contributed by atoms with Crippen molar-refractivity contribution in [3.8, 4) is 17.1 Å². The van der Waals surface area contributed by atoms with Crippen LogP contribution in [0.1, 0.15) is 11.1 Å². The van der Waals surface area contributed by atoms with Gasteiger partial charge in [0.05, 0.1) is 5.56 Å². The van der Waals surface area contributed by atoms with Crippen molar-refractivity contribution < 1.29 is 13.9 Å². The predicted octanol–water partition coefficient (Wildman–Crippen LogP) is 5.54. The molecule has 0 aliphatic rings. The lowest BCUT2D eigenvalue weighted by molar-refractivity contribution is 0.469. The molecule has 0 amide bonds. The number of benzene rings is 3. The van der Waals surface area contributed by atoms with Crippen LogP contribution in [0, 0.1) is 5.82 Å². The molecule has 0 atom stereocenters. The van der Waals surface area contributed by atoms with Gasteiger partial charge in [0.15, 0.2) is 0 Å². The van der Waals surface area contributed by atoms with Gasteiger partial charge >= 0.3 is 0 Å². The lowest BCUT2D eigenvalue weighted by Gasteiger charge is -2.01. The van der Waals surface area contributed by atoms with Gasteiger partial charge in [0.25, 0.3) is 0 Å². The van der Waals surface area contributed by atoms with E-state index in [9.17, 15) is 9.50 Å². The monoisotopic (exact) mass is 318 g/mol. The first-order valence-corrected chi connectivity index (χ1v) is 7.74. The maximum Gasteiger partial charge on any atom is 0.138 e. The van der Waals surface area contributed by atoms with E-state index in [1.807, 2.05) is 36.4 Å². The zero-order valence-electron chi connectivity index (χ0n) is 12.9. The summed E-state index contributed by atoms with van der Waals surface area (Å²) in [6, 6.07) is 22.1. The summed E-state index contributed by atoms with van der Waals surface area (Å²) < 4.78 is 19.8. The summed E-state index contributed by atoms with van der Waals surface area (Å²) in [5, 5.41) is 10.3. The van der Waals surface area contributed by atoms with Crippen LogP contribution in [0.15, 0.2) is 77.2 Å². The van der Waals surface area contributed by atoms with Crippen LogP contribution in [0.4, 0.5) is 4.39 Å². The Kier molecular flexibility index (Phi) is 3.54. The fraction of sp³-hybridized carbons (Fsp3) is 0.0476. The highest BCUT2D eigenvalue weighted by molar-refractivity contribution is 5.83. The Balaban J connectivity index is 1.71. The van der Waals surface area contributed by atoms with Crippen LogP contribution < -0.4 is 0 Å². The van der Waals surface area contributed by atoms with E-state index in [-0.39, 0.29) is 5.75 Å². The van der Waals surface area contributed by atoms with E-state index in [0.717, 1.165) is 17.9 Å². The SMILES string of the molecule is Oc1ccc(-c2cc3cc(Cc4ccccc4)ccc3o2)c(F)c1. The molecule has 3 aromatic carbocycles. The van der Waals surface area contributed by atoms with Crippen molar-refractivity contribution in [3.63, 3.8) is 0 Å². The van der Waals surface area contributed by atoms with Crippen LogP contribution in [0.2, 0.25) is 0 Å². The number of phenols is 1. The van der Waals surface area contributed by atoms with Crippen molar-refractivity contribution in [1.82, 2.24) is 0 Å². The summed E-state index contributed by atoms with van der Waals surface area (Å²) in [6.07, 6.45) is 0.838. The molecule has 4 aromatic rings. The van der Waals surface area contributed by atoms with Crippen LogP contribution in [-0.2, 0) is 6.42 Å². The lowest BCUT2D eigenvalue weighted by Crippen LogP contribution is -1.86. The lowest BCUT2D eigenvalue weighted by atomic mass is 10.0. The minimum absolute atomic E-state index is 0.0995. The molecule has 0 radical (unpaired) electrons. The molecule has 2 nitrogen and oxygen atoms in total. The second-order valence-corrected chi connectivity index (χ2v) is 5.81. The van der Waals surface area contributed by atoms with Crippen LogP contribution >= 0.6 is 0 Å². The summed E-state index contributed by atoms with van der Waals surface area (Å²) in [5.74, 6) is -0.143. The molecule has 1 aromatic heterocycles. The largest absolute Gasteiger partial charge is 0.508 e. The van der Waals surface area contributed by atoms with E-state index in [0.29, 0.717) is 16.9 Å². The fourth-order valence-electron chi connectivity index (χ4n) is 2.87. The van der Waals surface area contributed by atoms with Gasteiger partial charge in [-0.15, -0.1) is 0 Å². The summed E-state index contributed by atoms with van der Waals surface area (Å²) in [6.45, 7) is 0. The van der Waals surface area contributed by atoms with Crippen molar-refractivity contribution in [3.05, 3.63) is 89.7 Å². The van der Waals surface area contributed by atoms with Crippen LogP contribution in [-0.4, -0.2) is 5.11 Å². The highest BCUT2D eigenvalue weighted by atomic mass is 19.1. The summed E-state index contributed by atoms with van der Waals surface area (Å²) in [4.78, 5) is 0. The molecule has 24 heavy (non-hydrogen) atoms. The Hall–Kier alpha value is -3.07. The van der Waals surface area contributed by atoms with Gasteiger partial charge in [0.2, 0.25) is 0 Å². The molecule has 0 aliphatic heterocycles. The topological polar surface area (TPSA) is 33.4 Å². The molecule has 0 fully saturated rings. The van der Waals surface area contributed by atoms with E-state index in [1.165, 1.54) is 23.3 Å². The van der Waals surface area contributed by atoms with E-state index in [1.54, 1.807) is 0 Å². The van der Waals surface area contributed by atoms with Crippen molar-refractivity contribution in [2.24, 2.45) is 0 Å². The van der Waals surface area contributed by atoms with Gasteiger partial charge < -0.3 is 9.52 Å². The minimum atomic E-state index is -0.501. The molecule has 0 bridgehead atoms. The van der Waals surface area contributed by atoms with Gasteiger partial charge in [-0.3, -0.25) is 0 Å². The maximum atomic E-state index is 14.0. The Morgan fingerprint density at radius 1 is 0.833 bits per heavy atom. The molecular formula is C21H15FO2. The number of hydrogen-bond donors (Lipinski definition) is 1. The minimum Gasteiger partial charge on any atom is -0.508 e. The quantitative estimate of drug-likeness (QED) is 0.538. The zero-order chi connectivity index (χ0) is 16.5. The molecule has 3 heteroatoms. The third-order valence-corrected chi connectivity index (χ3v) is 4.05. The number of furan rings is 1. The van der Waals surface area contributed by atoms with Gasteiger partial charge in [-0.1, -0.05) is 36.4 Å². The highest BCUT2D eigenvalue weighted by Gasteiger charge is 2.12. The molecule has 1 heterocycles. The van der Waals surface area contributed by atoms with Gasteiger partial charge in [-0.2, -0.15) is 0 Å². The molecule has 1 N–H and O–H groups in total. The summed E-state index contributed by atoms with van der Waals surface area (Å²) >= 11 is 0. The van der Waals surface area contributed by atoms with Crippen molar-refractivity contribution in [2.45, 2.75) is 6.42 Å². The number of fused-ring (bicyclic) bond motifs is 1. The average molecular weight is 318 g/mol. The van der Waals surface area contributed by atoms with Crippen molar-refractivity contribution >= 4 is 11.0 Å². The highest BCUT2D eigenvalue weighted by Crippen LogP contribution is 2.31. The Morgan fingerprint density at radius 2 is 1.67 bits per heavy atom. The van der Waals surface area contributed by atoms with E-state index in [2.05, 4.69) is 18.2 Å². The first kappa shape index (κ1) is 14.5. The molecule has 0 spiro atoms. The third kappa shape index (κ3) is 2.76. The van der Waals surface area contributed by atoms with Gasteiger partial charge in [-0.05, 0) is 47.9 Å². The van der Waals surface area contributed by atoms with Gasteiger partial charge in [0.1, 0.15) is 22.9 Å². The fourth-order valence-corrected chi connectivity index (χ4v) is 2.87. The second kappa shape index (κ2) is 5.85. The van der Waals surface area contributed by atoms with E-state index in [4.69, 9.17) is 4.42 Å². The molecule has 0 saturated carbocycles.